The molecule has 0 spiro atoms. The van der Waals surface area contributed by atoms with Crippen molar-refractivity contribution >= 4 is 22.4 Å². The molecule has 2 bridgehead atoms. The van der Waals surface area contributed by atoms with Crippen LogP contribution in [0.3, 0.4) is 0 Å². The van der Waals surface area contributed by atoms with Crippen LogP contribution in [0.25, 0.3) is 10.9 Å². The van der Waals surface area contributed by atoms with Crippen LogP contribution in [0.2, 0.25) is 0 Å². The first-order chi connectivity index (χ1) is 16.2. The summed E-state index contributed by atoms with van der Waals surface area (Å²) in [6.07, 6.45) is 10.7. The number of pyridine rings is 1. The maximum absolute atomic E-state index is 12.7. The molecule has 7 nitrogen and oxygen atoms in total. The minimum absolute atomic E-state index is 0.00116. The van der Waals surface area contributed by atoms with Gasteiger partial charge in [-0.3, -0.25) is 9.48 Å². The molecule has 2 aromatic heterocycles. The topological polar surface area (TPSA) is 98.5 Å². The van der Waals surface area contributed by atoms with Crippen LogP contribution >= 0.6 is 0 Å². The summed E-state index contributed by atoms with van der Waals surface area (Å²) in [5.74, 6) is 1.10. The highest BCUT2D eigenvalue weighted by atomic mass is 16.1. The first-order valence-electron chi connectivity index (χ1n) is 12.3. The Morgan fingerprint density at radius 3 is 2.55 bits per heavy atom. The van der Waals surface area contributed by atoms with E-state index in [0.29, 0.717) is 29.2 Å². The summed E-state index contributed by atoms with van der Waals surface area (Å²) in [6.45, 7) is 0. The predicted octanol–water partition coefficient (Wildman–Crippen LogP) is 4.72. The maximum Gasteiger partial charge on any atom is 0.261 e. The number of aromatic amines is 1. The van der Waals surface area contributed by atoms with Crippen molar-refractivity contribution in [2.45, 2.75) is 75.4 Å². The van der Waals surface area contributed by atoms with Crippen molar-refractivity contribution in [3.05, 3.63) is 52.4 Å². The molecule has 1 unspecified atom stereocenters. The van der Waals surface area contributed by atoms with Gasteiger partial charge in [-0.15, -0.1) is 0 Å². The molecule has 7 heteroatoms. The molecule has 3 fully saturated rings. The van der Waals surface area contributed by atoms with Gasteiger partial charge in [-0.1, -0.05) is 25.0 Å². The average molecular weight is 443 g/mol. The van der Waals surface area contributed by atoms with Crippen LogP contribution in [0.15, 0.2) is 41.3 Å². The first-order valence-corrected chi connectivity index (χ1v) is 12.3. The lowest BCUT2D eigenvalue weighted by molar-refractivity contribution is 0.277. The average Bonchev–Trinajstić information content (AvgIpc) is 3.39. The predicted molar refractivity (Wildman–Crippen MR) is 129 cm³/mol. The van der Waals surface area contributed by atoms with E-state index < -0.39 is 0 Å². The number of benzene rings is 1. The molecule has 5 atom stereocenters. The molecule has 3 aliphatic rings. The highest BCUT2D eigenvalue weighted by molar-refractivity contribution is 5.91. The molecule has 3 N–H and O–H groups in total. The zero-order valence-electron chi connectivity index (χ0n) is 18.8. The van der Waals surface area contributed by atoms with E-state index in [1.54, 1.807) is 6.20 Å². The van der Waals surface area contributed by atoms with Gasteiger partial charge in [0.15, 0.2) is 5.82 Å². The van der Waals surface area contributed by atoms with Crippen LogP contribution in [-0.4, -0.2) is 26.8 Å². The van der Waals surface area contributed by atoms with Gasteiger partial charge in [0.2, 0.25) is 0 Å². The molecule has 2 aliphatic heterocycles. The number of rotatable bonds is 4. The minimum Gasteiger partial charge on any atom is -0.338 e. The number of hydrogen-bond donors (Lipinski definition) is 3. The molecule has 3 aromatic rings. The molecule has 0 radical (unpaired) electrons. The van der Waals surface area contributed by atoms with E-state index in [0.717, 1.165) is 36.9 Å². The van der Waals surface area contributed by atoms with E-state index >= 15 is 0 Å². The van der Waals surface area contributed by atoms with Crippen LogP contribution < -0.4 is 16.2 Å². The lowest BCUT2D eigenvalue weighted by Crippen LogP contribution is -2.37. The molecule has 33 heavy (non-hydrogen) atoms. The number of nitrogens with zero attached hydrogens (tertiary/aromatic N) is 3. The van der Waals surface area contributed by atoms with Crippen LogP contribution in [0, 0.1) is 17.2 Å². The summed E-state index contributed by atoms with van der Waals surface area (Å²) < 4.78 is 1.92. The van der Waals surface area contributed by atoms with Crippen molar-refractivity contribution in [1.29, 1.82) is 5.26 Å². The van der Waals surface area contributed by atoms with Gasteiger partial charge in [0.05, 0.1) is 23.5 Å². The highest BCUT2D eigenvalue weighted by Crippen LogP contribution is 2.38. The van der Waals surface area contributed by atoms with Gasteiger partial charge in [0, 0.05) is 24.0 Å². The fraction of sp³-hybridized carbons (Fsp3) is 0.500. The van der Waals surface area contributed by atoms with E-state index in [4.69, 9.17) is 5.10 Å². The zero-order chi connectivity index (χ0) is 22.4. The van der Waals surface area contributed by atoms with Crippen LogP contribution in [0.4, 0.5) is 11.5 Å². The van der Waals surface area contributed by atoms with E-state index in [-0.39, 0.29) is 17.5 Å². The second-order valence-electron chi connectivity index (χ2n) is 10.0. The molecular formula is C26H30N6O. The van der Waals surface area contributed by atoms with E-state index in [9.17, 15) is 10.1 Å². The van der Waals surface area contributed by atoms with Gasteiger partial charge in [-0.25, -0.2) is 0 Å². The third kappa shape index (κ3) is 3.72. The van der Waals surface area contributed by atoms with Gasteiger partial charge in [-0.05, 0) is 68.2 Å². The fourth-order valence-corrected chi connectivity index (χ4v) is 6.30. The smallest absolute Gasteiger partial charge is 0.261 e. The number of aromatic nitrogens is 3. The van der Waals surface area contributed by atoms with Gasteiger partial charge < -0.3 is 15.6 Å². The number of fused-ring (bicyclic) bond motifs is 3. The Morgan fingerprint density at radius 1 is 1.03 bits per heavy atom. The third-order valence-corrected chi connectivity index (χ3v) is 7.96. The van der Waals surface area contributed by atoms with Crippen molar-refractivity contribution in [3.63, 3.8) is 0 Å². The molecule has 1 saturated carbocycles. The third-order valence-electron chi connectivity index (χ3n) is 7.96. The quantitative estimate of drug-likeness (QED) is 0.543. The second kappa shape index (κ2) is 8.35. The Balaban J connectivity index is 1.30. The van der Waals surface area contributed by atoms with Crippen LogP contribution in [0.1, 0.15) is 68.9 Å². The Labute approximate surface area is 193 Å². The number of piperidine rings is 1. The molecule has 170 valence electrons. The van der Waals surface area contributed by atoms with E-state index in [1.807, 2.05) is 10.7 Å². The highest BCUT2D eigenvalue weighted by Gasteiger charge is 2.34. The number of nitrogens with one attached hydrogen (secondary N) is 3. The Kier molecular flexibility index (Phi) is 5.18. The maximum atomic E-state index is 12.7. The van der Waals surface area contributed by atoms with Gasteiger partial charge in [0.25, 0.3) is 5.56 Å². The van der Waals surface area contributed by atoms with Crippen molar-refractivity contribution < 1.29 is 0 Å². The largest absolute Gasteiger partial charge is 0.338 e. The van der Waals surface area contributed by atoms with Crippen LogP contribution in [0.5, 0.6) is 0 Å². The standard InChI is InChI=1S/C26H30N6O/c27-15-17-3-1-2-4-22(17)32-23-11-12-28-26(33)24(23)25(31-32)30-19-7-5-16(6-8-19)18-13-20-9-10-21(14-18)29-20/h5-8,11-12,17-18,20-22,29H,1-4,9-10,13-14H2,(H,28,33)(H,30,31)/t17-,18?,20-,21+,22+/m1/s1. The van der Waals surface area contributed by atoms with Gasteiger partial charge >= 0.3 is 0 Å². The Morgan fingerprint density at radius 2 is 1.79 bits per heavy atom. The summed E-state index contributed by atoms with van der Waals surface area (Å²) >= 11 is 0. The van der Waals surface area contributed by atoms with Crippen molar-refractivity contribution in [2.75, 3.05) is 5.32 Å². The molecule has 1 aliphatic carbocycles. The van der Waals surface area contributed by atoms with Crippen molar-refractivity contribution in [2.24, 2.45) is 5.92 Å². The van der Waals surface area contributed by atoms with E-state index in [1.165, 1.54) is 31.2 Å². The lowest BCUT2D eigenvalue weighted by atomic mass is 9.85. The van der Waals surface area contributed by atoms with E-state index in [2.05, 4.69) is 46.0 Å². The zero-order valence-corrected chi connectivity index (χ0v) is 18.8. The molecule has 2 saturated heterocycles. The summed E-state index contributed by atoms with van der Waals surface area (Å²) in [7, 11) is 0. The summed E-state index contributed by atoms with van der Waals surface area (Å²) in [6, 6.07) is 14.3. The summed E-state index contributed by atoms with van der Waals surface area (Å²) in [5, 5.41) is 22.2. The Bertz CT molecular complexity index is 1240. The lowest BCUT2D eigenvalue weighted by Gasteiger charge is -2.29. The van der Waals surface area contributed by atoms with Gasteiger partial charge in [-0.2, -0.15) is 10.4 Å². The van der Waals surface area contributed by atoms with Crippen molar-refractivity contribution in [3.8, 4) is 6.07 Å². The Hall–Kier alpha value is -3.11. The molecule has 4 heterocycles. The fourth-order valence-electron chi connectivity index (χ4n) is 6.30. The number of anilines is 2. The molecule has 1 aromatic carbocycles. The van der Waals surface area contributed by atoms with Gasteiger partial charge in [0.1, 0.15) is 5.39 Å². The molecule has 0 amide bonds. The number of nitriles is 1. The second-order valence-corrected chi connectivity index (χ2v) is 10.0. The molecular weight excluding hydrogens is 412 g/mol. The normalized spacial score (nSPS) is 29.1. The number of H-pyrrole nitrogens is 1. The first kappa shape index (κ1) is 20.5. The summed E-state index contributed by atoms with van der Waals surface area (Å²) in [5.41, 5.74) is 2.94. The number of hydrogen-bond acceptors (Lipinski definition) is 5. The molecule has 6 rings (SSSR count). The van der Waals surface area contributed by atoms with Crippen LogP contribution in [-0.2, 0) is 0 Å². The minimum atomic E-state index is -0.160. The monoisotopic (exact) mass is 442 g/mol. The SMILES string of the molecule is N#C[C@H]1CCCC[C@@H]1n1nc(Nc2ccc(C3C[C@H]4CC[C@@H](C3)N4)cc2)c2c(=O)[nH]ccc21. The summed E-state index contributed by atoms with van der Waals surface area (Å²) in [4.78, 5) is 15.5. The van der Waals surface area contributed by atoms with Crippen molar-refractivity contribution in [1.82, 2.24) is 20.1 Å².